The fourth-order valence-corrected chi connectivity index (χ4v) is 5.94. The molecular formula is C28H34N2O12S2. The second kappa shape index (κ2) is 16.5. The average Bonchev–Trinajstić information content (AvgIpc) is 2.92. The quantitative estimate of drug-likeness (QED) is 0.161. The highest BCUT2D eigenvalue weighted by Gasteiger charge is 2.29. The molecule has 14 nitrogen and oxygen atoms in total. The molecule has 0 fully saturated rings. The molecule has 0 amide bonds. The normalized spacial score (nSPS) is 13.4. The van der Waals surface area contributed by atoms with Gasteiger partial charge in [0.2, 0.25) is 20.0 Å². The van der Waals surface area contributed by atoms with Crippen LogP contribution in [0.1, 0.15) is 38.8 Å². The molecule has 6 N–H and O–H groups in total. The molecule has 0 unspecified atom stereocenters. The summed E-state index contributed by atoms with van der Waals surface area (Å²) in [4.78, 5) is 42.7. The molecular weight excluding hydrogens is 620 g/mol. The molecule has 16 heteroatoms. The van der Waals surface area contributed by atoms with Gasteiger partial charge in [0.1, 0.15) is 12.1 Å². The summed E-state index contributed by atoms with van der Waals surface area (Å²) < 4.78 is 52.8. The average molecular weight is 655 g/mol. The Morgan fingerprint density at radius 3 is 1.05 bits per heavy atom. The summed E-state index contributed by atoms with van der Waals surface area (Å²) in [5.41, 5.74) is 1.03. The van der Waals surface area contributed by atoms with Crippen molar-refractivity contribution in [2.45, 2.75) is 49.6 Å². The Bertz CT molecular complexity index is 1470. The number of hydrogen-bond donors (Lipinski definition) is 6. The minimum absolute atomic E-state index is 0.0909. The van der Waals surface area contributed by atoms with Crippen LogP contribution in [-0.2, 0) is 39.2 Å². The third kappa shape index (κ3) is 12.5. The molecule has 0 aromatic heterocycles. The number of benzene rings is 2. The molecule has 0 radical (unpaired) electrons. The molecule has 0 saturated heterocycles. The Balaban J connectivity index is 0.000000440. The van der Waals surface area contributed by atoms with Crippen LogP contribution in [0.2, 0.25) is 0 Å². The molecule has 0 aliphatic heterocycles. The van der Waals surface area contributed by atoms with Crippen LogP contribution in [0.5, 0.6) is 0 Å². The van der Waals surface area contributed by atoms with Crippen LogP contribution < -0.4 is 9.44 Å². The Kier molecular flexibility index (Phi) is 14.1. The summed E-state index contributed by atoms with van der Waals surface area (Å²) in [6, 6.07) is 8.39. The number of sulfonamides is 2. The predicted octanol–water partition coefficient (Wildman–Crippen LogP) is 2.34. The lowest BCUT2D eigenvalue weighted by atomic mass is 10.1. The Morgan fingerprint density at radius 1 is 0.568 bits per heavy atom. The third-order valence-corrected chi connectivity index (χ3v) is 8.56. The lowest BCUT2D eigenvalue weighted by Gasteiger charge is -2.18. The van der Waals surface area contributed by atoms with Crippen molar-refractivity contribution in [3.05, 3.63) is 71.8 Å². The summed E-state index contributed by atoms with van der Waals surface area (Å²) in [5, 5.41) is 35.1. The molecule has 2 rings (SSSR count). The predicted molar refractivity (Wildman–Crippen MR) is 159 cm³/mol. The lowest BCUT2D eigenvalue weighted by molar-refractivity contribution is -0.141. The number of carbonyl (C=O) groups is 4. The summed E-state index contributed by atoms with van der Waals surface area (Å²) in [7, 11) is -7.94. The SMILES string of the molecule is CC(C)[C@@H](NS(=O)(=O)c1ccc(/C=C/C(=O)O)cc1)C(=O)O.CC(C)[C@@H](NS(=O)(=O)c1ccc(/C=C/C(=O)O)cc1)C(=O)O. The van der Waals surface area contributed by atoms with E-state index in [-0.39, 0.29) is 9.79 Å². The Labute approximate surface area is 254 Å². The van der Waals surface area contributed by atoms with E-state index in [4.69, 9.17) is 20.4 Å². The number of carboxylic acids is 4. The molecule has 2 aromatic rings. The number of hydrogen-bond acceptors (Lipinski definition) is 8. The van der Waals surface area contributed by atoms with E-state index in [1.807, 2.05) is 0 Å². The van der Waals surface area contributed by atoms with Gasteiger partial charge in [-0.25, -0.2) is 26.4 Å². The first-order valence-electron chi connectivity index (χ1n) is 12.8. The maximum atomic E-state index is 12.1. The van der Waals surface area contributed by atoms with E-state index in [1.165, 1.54) is 60.7 Å². The number of aliphatic carboxylic acids is 4. The van der Waals surface area contributed by atoms with Crippen LogP contribution in [0.25, 0.3) is 12.2 Å². The number of carboxylic acid groups (broad SMARTS) is 4. The molecule has 240 valence electrons. The number of nitrogens with one attached hydrogen (secondary N) is 2. The highest BCUT2D eigenvalue weighted by Crippen LogP contribution is 2.15. The molecule has 0 bridgehead atoms. The largest absolute Gasteiger partial charge is 0.480 e. The van der Waals surface area contributed by atoms with Gasteiger partial charge < -0.3 is 20.4 Å². The van der Waals surface area contributed by atoms with Gasteiger partial charge in [-0.3, -0.25) is 9.59 Å². The van der Waals surface area contributed by atoms with Gasteiger partial charge in [-0.05, 0) is 59.4 Å². The van der Waals surface area contributed by atoms with E-state index < -0.39 is 67.8 Å². The fraction of sp³-hybridized carbons (Fsp3) is 0.286. The van der Waals surface area contributed by atoms with E-state index in [9.17, 15) is 36.0 Å². The molecule has 0 aliphatic rings. The van der Waals surface area contributed by atoms with Crippen molar-refractivity contribution in [2.24, 2.45) is 11.8 Å². The molecule has 0 aliphatic carbocycles. The van der Waals surface area contributed by atoms with Gasteiger partial charge in [-0.2, -0.15) is 9.44 Å². The van der Waals surface area contributed by atoms with E-state index in [0.717, 1.165) is 12.2 Å². The minimum Gasteiger partial charge on any atom is -0.480 e. The Morgan fingerprint density at radius 2 is 0.841 bits per heavy atom. The van der Waals surface area contributed by atoms with Crippen molar-refractivity contribution in [3.63, 3.8) is 0 Å². The van der Waals surface area contributed by atoms with E-state index in [1.54, 1.807) is 27.7 Å². The zero-order valence-corrected chi connectivity index (χ0v) is 25.7. The van der Waals surface area contributed by atoms with Crippen LogP contribution in [0.3, 0.4) is 0 Å². The summed E-state index contributed by atoms with van der Waals surface area (Å²) in [6.45, 7) is 6.39. The van der Waals surface area contributed by atoms with Gasteiger partial charge in [0.15, 0.2) is 0 Å². The van der Waals surface area contributed by atoms with Crippen LogP contribution in [0, 0.1) is 11.8 Å². The van der Waals surface area contributed by atoms with Crippen LogP contribution in [-0.4, -0.2) is 73.2 Å². The van der Waals surface area contributed by atoms with Crippen LogP contribution in [0.15, 0.2) is 70.5 Å². The van der Waals surface area contributed by atoms with Crippen molar-refractivity contribution in [1.82, 2.24) is 9.44 Å². The summed E-state index contributed by atoms with van der Waals surface area (Å²) in [5.74, 6) is -5.55. The topological polar surface area (TPSA) is 242 Å². The van der Waals surface area contributed by atoms with Crippen LogP contribution >= 0.6 is 0 Å². The van der Waals surface area contributed by atoms with Crippen molar-refractivity contribution in [1.29, 1.82) is 0 Å². The summed E-state index contributed by atoms with van der Waals surface area (Å²) in [6.07, 6.45) is 4.50. The lowest BCUT2D eigenvalue weighted by Crippen LogP contribution is -2.44. The molecule has 0 heterocycles. The monoisotopic (exact) mass is 654 g/mol. The third-order valence-electron chi connectivity index (χ3n) is 5.65. The zero-order valence-electron chi connectivity index (χ0n) is 24.1. The molecule has 2 aromatic carbocycles. The van der Waals surface area contributed by atoms with E-state index >= 15 is 0 Å². The van der Waals surface area contributed by atoms with Crippen molar-refractivity contribution < 1.29 is 56.4 Å². The van der Waals surface area contributed by atoms with Gasteiger partial charge in [0.05, 0.1) is 9.79 Å². The first-order chi connectivity index (χ1) is 20.3. The minimum atomic E-state index is -3.97. The second-order valence-corrected chi connectivity index (χ2v) is 13.3. The van der Waals surface area contributed by atoms with Crippen LogP contribution in [0.4, 0.5) is 0 Å². The maximum Gasteiger partial charge on any atom is 0.328 e. The molecule has 0 saturated carbocycles. The highest BCUT2D eigenvalue weighted by atomic mass is 32.2. The van der Waals surface area contributed by atoms with Crippen molar-refractivity contribution in [2.75, 3.05) is 0 Å². The Hall–Kier alpha value is -4.38. The second-order valence-electron chi connectivity index (χ2n) is 9.84. The first-order valence-corrected chi connectivity index (χ1v) is 15.8. The fourth-order valence-electron chi connectivity index (χ4n) is 3.26. The van der Waals surface area contributed by atoms with E-state index in [2.05, 4.69) is 9.44 Å². The summed E-state index contributed by atoms with van der Waals surface area (Å²) >= 11 is 0. The molecule has 44 heavy (non-hydrogen) atoms. The molecule has 2 atom stereocenters. The standard InChI is InChI=1S/2C14H17NO6S/c2*1-9(2)13(14(18)19)15-22(20,21)11-6-3-10(4-7-11)5-8-12(16)17/h2*3-9,13,15H,1-2H3,(H,16,17)(H,18,19)/b2*8-5+/t2*13-/m11/s1. The molecule has 0 spiro atoms. The van der Waals surface area contributed by atoms with Gasteiger partial charge in [-0.15, -0.1) is 0 Å². The van der Waals surface area contributed by atoms with Gasteiger partial charge >= 0.3 is 23.9 Å². The highest BCUT2D eigenvalue weighted by molar-refractivity contribution is 7.89. The smallest absolute Gasteiger partial charge is 0.328 e. The zero-order chi connectivity index (χ0) is 33.8. The van der Waals surface area contributed by atoms with Crippen molar-refractivity contribution in [3.8, 4) is 0 Å². The van der Waals surface area contributed by atoms with E-state index in [0.29, 0.717) is 11.1 Å². The van der Waals surface area contributed by atoms with Gasteiger partial charge in [0, 0.05) is 12.2 Å². The van der Waals surface area contributed by atoms with Gasteiger partial charge in [0.25, 0.3) is 0 Å². The van der Waals surface area contributed by atoms with Gasteiger partial charge in [-0.1, -0.05) is 52.0 Å². The maximum absolute atomic E-state index is 12.1. The first kappa shape index (κ1) is 37.6. The van der Waals surface area contributed by atoms with Crippen molar-refractivity contribution >= 4 is 56.1 Å². The number of rotatable bonds is 14.